The van der Waals surface area contributed by atoms with Crippen LogP contribution in [0, 0.1) is 6.92 Å². The van der Waals surface area contributed by atoms with Crippen LogP contribution in [-0.4, -0.2) is 19.2 Å². The molecular weight excluding hydrogens is 192 g/mol. The minimum absolute atomic E-state index is 0.136. The van der Waals surface area contributed by atoms with Gasteiger partial charge >= 0.3 is 0 Å². The van der Waals surface area contributed by atoms with Crippen LogP contribution in [0.15, 0.2) is 6.07 Å². The number of pyridine rings is 1. The monoisotopic (exact) mass is 203 g/mol. The Balaban J connectivity index is 3.23. The van der Waals surface area contributed by atoms with E-state index in [0.717, 1.165) is 0 Å². The van der Waals surface area contributed by atoms with Crippen molar-refractivity contribution in [1.29, 1.82) is 0 Å². The predicted molar refractivity (Wildman–Crippen MR) is 47.0 cm³/mol. The topological polar surface area (TPSA) is 31.4 Å². The number of aromatic nitrogens is 1. The molecule has 0 saturated heterocycles. The molecular formula is C9H11F2NO2. The van der Waals surface area contributed by atoms with E-state index < -0.39 is 6.43 Å². The van der Waals surface area contributed by atoms with E-state index in [0.29, 0.717) is 0 Å². The highest BCUT2D eigenvalue weighted by Crippen LogP contribution is 2.31. The van der Waals surface area contributed by atoms with Crippen LogP contribution in [0.3, 0.4) is 0 Å². The summed E-state index contributed by atoms with van der Waals surface area (Å²) in [4.78, 5) is 3.86. The maximum absolute atomic E-state index is 12.4. The number of hydrogen-bond acceptors (Lipinski definition) is 3. The predicted octanol–water partition coefficient (Wildman–Crippen LogP) is 2.34. The van der Waals surface area contributed by atoms with Gasteiger partial charge in [0.2, 0.25) is 0 Å². The van der Waals surface area contributed by atoms with Crippen LogP contribution in [0.25, 0.3) is 0 Å². The molecule has 5 heteroatoms. The standard InChI is InChI=1S/C9H11F2NO2/c1-5-6(8(10)11)4-7(13-2)9(12-5)14-3/h4,8H,1-3H3. The minimum Gasteiger partial charge on any atom is -0.491 e. The van der Waals surface area contributed by atoms with Crippen molar-refractivity contribution in [3.05, 3.63) is 17.3 Å². The van der Waals surface area contributed by atoms with Crippen LogP contribution >= 0.6 is 0 Å². The van der Waals surface area contributed by atoms with Gasteiger partial charge in [0.05, 0.1) is 19.9 Å². The van der Waals surface area contributed by atoms with E-state index in [4.69, 9.17) is 9.47 Å². The Morgan fingerprint density at radius 2 is 1.93 bits per heavy atom. The summed E-state index contributed by atoms with van der Waals surface area (Å²) in [5, 5.41) is 0. The molecule has 0 aromatic carbocycles. The van der Waals surface area contributed by atoms with E-state index in [1.54, 1.807) is 0 Å². The molecule has 78 valence electrons. The fourth-order valence-electron chi connectivity index (χ4n) is 1.09. The van der Waals surface area contributed by atoms with E-state index in [9.17, 15) is 8.78 Å². The third-order valence-electron chi connectivity index (χ3n) is 1.83. The van der Waals surface area contributed by atoms with Gasteiger partial charge in [0.25, 0.3) is 12.3 Å². The molecule has 0 aliphatic heterocycles. The minimum atomic E-state index is -2.55. The van der Waals surface area contributed by atoms with Crippen molar-refractivity contribution in [3.8, 4) is 11.6 Å². The average Bonchev–Trinajstić information content (AvgIpc) is 2.16. The van der Waals surface area contributed by atoms with Crippen LogP contribution in [0.4, 0.5) is 8.78 Å². The summed E-state index contributed by atoms with van der Waals surface area (Å²) in [6.45, 7) is 1.50. The molecule has 0 aliphatic rings. The maximum Gasteiger partial charge on any atom is 0.265 e. The van der Waals surface area contributed by atoms with E-state index in [2.05, 4.69) is 4.98 Å². The van der Waals surface area contributed by atoms with Crippen LogP contribution in [0.1, 0.15) is 17.7 Å². The van der Waals surface area contributed by atoms with Crippen molar-refractivity contribution < 1.29 is 18.3 Å². The molecule has 0 bridgehead atoms. The molecule has 0 N–H and O–H groups in total. The van der Waals surface area contributed by atoms with Crippen LogP contribution in [0.2, 0.25) is 0 Å². The average molecular weight is 203 g/mol. The second-order valence-corrected chi connectivity index (χ2v) is 2.68. The smallest absolute Gasteiger partial charge is 0.265 e. The van der Waals surface area contributed by atoms with Crippen molar-refractivity contribution in [2.24, 2.45) is 0 Å². The molecule has 14 heavy (non-hydrogen) atoms. The maximum atomic E-state index is 12.4. The molecule has 0 spiro atoms. The normalized spacial score (nSPS) is 10.4. The number of halogens is 2. The molecule has 1 rings (SSSR count). The van der Waals surface area contributed by atoms with E-state index >= 15 is 0 Å². The second-order valence-electron chi connectivity index (χ2n) is 2.68. The van der Waals surface area contributed by atoms with Gasteiger partial charge in [-0.1, -0.05) is 0 Å². The zero-order valence-electron chi connectivity index (χ0n) is 8.17. The molecule has 0 fully saturated rings. The molecule has 0 saturated carbocycles. The van der Waals surface area contributed by atoms with Crippen LogP contribution in [0.5, 0.6) is 11.6 Å². The van der Waals surface area contributed by atoms with Gasteiger partial charge in [-0.2, -0.15) is 0 Å². The second kappa shape index (κ2) is 4.21. The van der Waals surface area contributed by atoms with Crippen molar-refractivity contribution >= 4 is 0 Å². The van der Waals surface area contributed by atoms with E-state index in [1.807, 2.05) is 0 Å². The fraction of sp³-hybridized carbons (Fsp3) is 0.444. The molecule has 0 radical (unpaired) electrons. The molecule has 0 unspecified atom stereocenters. The summed E-state index contributed by atoms with van der Waals surface area (Å²) in [5.41, 5.74) is 0.111. The van der Waals surface area contributed by atoms with Crippen LogP contribution < -0.4 is 9.47 Å². The Labute approximate surface area is 80.7 Å². The number of ether oxygens (including phenoxy) is 2. The van der Waals surface area contributed by atoms with E-state index in [1.165, 1.54) is 27.2 Å². The van der Waals surface area contributed by atoms with Crippen LogP contribution in [-0.2, 0) is 0 Å². The highest BCUT2D eigenvalue weighted by Gasteiger charge is 2.16. The first kappa shape index (κ1) is 10.7. The van der Waals surface area contributed by atoms with Gasteiger partial charge in [-0.15, -0.1) is 0 Å². The zero-order valence-corrected chi connectivity index (χ0v) is 8.17. The Morgan fingerprint density at radius 1 is 1.29 bits per heavy atom. The number of rotatable bonds is 3. The lowest BCUT2D eigenvalue weighted by Gasteiger charge is -2.10. The summed E-state index contributed by atoms with van der Waals surface area (Å²) in [5.74, 6) is 0.433. The summed E-state index contributed by atoms with van der Waals surface area (Å²) >= 11 is 0. The molecule has 0 atom stereocenters. The van der Waals surface area contributed by atoms with Gasteiger partial charge in [-0.05, 0) is 13.0 Å². The summed E-state index contributed by atoms with van der Waals surface area (Å²) in [6.07, 6.45) is -2.55. The number of methoxy groups -OCH3 is 2. The van der Waals surface area contributed by atoms with Gasteiger partial charge in [-0.3, -0.25) is 0 Å². The van der Waals surface area contributed by atoms with E-state index in [-0.39, 0.29) is 22.9 Å². The molecule has 0 aliphatic carbocycles. The number of nitrogens with zero attached hydrogens (tertiary/aromatic N) is 1. The largest absolute Gasteiger partial charge is 0.491 e. The van der Waals surface area contributed by atoms with Crippen molar-refractivity contribution in [2.45, 2.75) is 13.3 Å². The van der Waals surface area contributed by atoms with Gasteiger partial charge in [0, 0.05) is 5.56 Å². The summed E-state index contributed by atoms with van der Waals surface area (Å²) < 4.78 is 34.6. The first-order chi connectivity index (χ1) is 6.60. The number of hydrogen-bond donors (Lipinski definition) is 0. The van der Waals surface area contributed by atoms with Gasteiger partial charge in [0.1, 0.15) is 0 Å². The lowest BCUT2D eigenvalue weighted by molar-refractivity contribution is 0.149. The van der Waals surface area contributed by atoms with Gasteiger partial charge < -0.3 is 9.47 Å². The summed E-state index contributed by atoms with van der Waals surface area (Å²) in [6, 6.07) is 1.24. The molecule has 3 nitrogen and oxygen atoms in total. The van der Waals surface area contributed by atoms with Gasteiger partial charge in [-0.25, -0.2) is 13.8 Å². The van der Waals surface area contributed by atoms with Crippen molar-refractivity contribution in [3.63, 3.8) is 0 Å². The number of aryl methyl sites for hydroxylation is 1. The zero-order chi connectivity index (χ0) is 10.7. The lowest BCUT2D eigenvalue weighted by atomic mass is 10.2. The first-order valence-electron chi connectivity index (χ1n) is 3.97. The highest BCUT2D eigenvalue weighted by atomic mass is 19.3. The van der Waals surface area contributed by atoms with Crippen molar-refractivity contribution in [1.82, 2.24) is 4.98 Å². The lowest BCUT2D eigenvalue weighted by Crippen LogP contribution is -1.99. The molecule has 0 amide bonds. The summed E-state index contributed by atoms with van der Waals surface area (Å²) in [7, 11) is 2.79. The van der Waals surface area contributed by atoms with Gasteiger partial charge in [0.15, 0.2) is 5.75 Å². The third kappa shape index (κ3) is 1.92. The Hall–Kier alpha value is -1.39. The SMILES string of the molecule is COc1cc(C(F)F)c(C)nc1OC. The Kier molecular flexibility index (Phi) is 3.22. The number of alkyl halides is 2. The first-order valence-corrected chi connectivity index (χ1v) is 3.97. The third-order valence-corrected chi connectivity index (χ3v) is 1.83. The highest BCUT2D eigenvalue weighted by molar-refractivity contribution is 5.39. The Morgan fingerprint density at radius 3 is 2.36 bits per heavy atom. The molecule has 1 aromatic heterocycles. The quantitative estimate of drug-likeness (QED) is 0.755. The van der Waals surface area contributed by atoms with Crippen molar-refractivity contribution in [2.75, 3.05) is 14.2 Å². The Bertz CT molecular complexity index is 329. The molecule has 1 aromatic rings. The molecule has 1 heterocycles. The fourth-order valence-corrected chi connectivity index (χ4v) is 1.09.